The number of fused-ring (bicyclic) bond motifs is 1. The van der Waals surface area contributed by atoms with E-state index < -0.39 is 0 Å². The van der Waals surface area contributed by atoms with Gasteiger partial charge in [0.1, 0.15) is 0 Å². The van der Waals surface area contributed by atoms with Crippen molar-refractivity contribution in [1.29, 1.82) is 0 Å². The molecule has 0 aliphatic carbocycles. The number of nitrogens with zero attached hydrogens (tertiary/aromatic N) is 2. The first-order chi connectivity index (χ1) is 7.33. The summed E-state index contributed by atoms with van der Waals surface area (Å²) in [5.41, 5.74) is 2.68. The SMILES string of the molecule is Clc1ccc2c(c1)CN(C1=NCCN1)C2. The van der Waals surface area contributed by atoms with Crippen molar-refractivity contribution in [3.05, 3.63) is 34.3 Å². The number of benzene rings is 1. The average molecular weight is 222 g/mol. The highest BCUT2D eigenvalue weighted by atomic mass is 35.5. The predicted octanol–water partition coefficient (Wildman–Crippen LogP) is 1.61. The molecule has 0 saturated carbocycles. The van der Waals surface area contributed by atoms with E-state index >= 15 is 0 Å². The molecule has 2 aliphatic rings. The Morgan fingerprint density at radius 3 is 2.93 bits per heavy atom. The van der Waals surface area contributed by atoms with Gasteiger partial charge in [-0.2, -0.15) is 0 Å². The van der Waals surface area contributed by atoms with Crippen molar-refractivity contribution < 1.29 is 0 Å². The molecular formula is C11H12ClN3. The van der Waals surface area contributed by atoms with E-state index in [0.717, 1.165) is 37.2 Å². The van der Waals surface area contributed by atoms with Crippen LogP contribution in [-0.2, 0) is 13.1 Å². The van der Waals surface area contributed by atoms with Gasteiger partial charge in [0.2, 0.25) is 0 Å². The molecule has 3 nitrogen and oxygen atoms in total. The summed E-state index contributed by atoms with van der Waals surface area (Å²) in [6.45, 7) is 3.71. The minimum Gasteiger partial charge on any atom is -0.354 e. The fraction of sp³-hybridized carbons (Fsp3) is 0.364. The summed E-state index contributed by atoms with van der Waals surface area (Å²) in [7, 11) is 0. The van der Waals surface area contributed by atoms with E-state index in [1.165, 1.54) is 11.1 Å². The van der Waals surface area contributed by atoms with Gasteiger partial charge in [-0.1, -0.05) is 17.7 Å². The molecule has 1 N–H and O–H groups in total. The Morgan fingerprint density at radius 1 is 1.27 bits per heavy atom. The van der Waals surface area contributed by atoms with E-state index in [0.29, 0.717) is 0 Å². The topological polar surface area (TPSA) is 27.6 Å². The van der Waals surface area contributed by atoms with Crippen molar-refractivity contribution in [2.75, 3.05) is 13.1 Å². The lowest BCUT2D eigenvalue weighted by Crippen LogP contribution is -2.34. The lowest BCUT2D eigenvalue weighted by molar-refractivity contribution is 0.435. The van der Waals surface area contributed by atoms with Crippen molar-refractivity contribution in [3.8, 4) is 0 Å². The highest BCUT2D eigenvalue weighted by Gasteiger charge is 2.23. The van der Waals surface area contributed by atoms with E-state index in [4.69, 9.17) is 11.6 Å². The lowest BCUT2D eigenvalue weighted by atomic mass is 10.1. The van der Waals surface area contributed by atoms with E-state index in [1.807, 2.05) is 12.1 Å². The average Bonchev–Trinajstić information content (AvgIpc) is 2.84. The highest BCUT2D eigenvalue weighted by molar-refractivity contribution is 6.30. The zero-order chi connectivity index (χ0) is 10.3. The summed E-state index contributed by atoms with van der Waals surface area (Å²) in [4.78, 5) is 6.68. The quantitative estimate of drug-likeness (QED) is 0.721. The zero-order valence-corrected chi connectivity index (χ0v) is 9.09. The summed E-state index contributed by atoms with van der Waals surface area (Å²) in [5, 5.41) is 4.11. The number of aliphatic imine (C=N–C) groups is 1. The van der Waals surface area contributed by atoms with Crippen LogP contribution in [0.1, 0.15) is 11.1 Å². The Balaban J connectivity index is 1.85. The van der Waals surface area contributed by atoms with Gasteiger partial charge in [0.15, 0.2) is 5.96 Å². The maximum atomic E-state index is 5.97. The molecule has 0 fully saturated rings. The molecule has 1 aromatic rings. The van der Waals surface area contributed by atoms with Gasteiger partial charge in [-0.25, -0.2) is 0 Å². The minimum absolute atomic E-state index is 0.817. The maximum Gasteiger partial charge on any atom is 0.194 e. The van der Waals surface area contributed by atoms with Gasteiger partial charge in [0, 0.05) is 24.7 Å². The van der Waals surface area contributed by atoms with E-state index in [9.17, 15) is 0 Å². The zero-order valence-electron chi connectivity index (χ0n) is 8.33. The third-order valence-electron chi connectivity index (χ3n) is 2.85. The van der Waals surface area contributed by atoms with Gasteiger partial charge in [-0.05, 0) is 23.3 Å². The van der Waals surface area contributed by atoms with E-state index in [2.05, 4.69) is 21.3 Å². The normalized spacial score (nSPS) is 18.7. The van der Waals surface area contributed by atoms with Crippen LogP contribution < -0.4 is 5.32 Å². The lowest BCUT2D eigenvalue weighted by Gasteiger charge is -2.16. The van der Waals surface area contributed by atoms with E-state index in [-0.39, 0.29) is 0 Å². The Hall–Kier alpha value is -1.22. The van der Waals surface area contributed by atoms with Crippen LogP contribution >= 0.6 is 11.6 Å². The van der Waals surface area contributed by atoms with Crippen LogP contribution in [0, 0.1) is 0 Å². The molecule has 78 valence electrons. The van der Waals surface area contributed by atoms with Crippen LogP contribution in [-0.4, -0.2) is 23.9 Å². The van der Waals surface area contributed by atoms with Crippen molar-refractivity contribution in [2.45, 2.75) is 13.1 Å². The van der Waals surface area contributed by atoms with Crippen LogP contribution in [0.5, 0.6) is 0 Å². The van der Waals surface area contributed by atoms with Gasteiger partial charge in [-0.15, -0.1) is 0 Å². The van der Waals surface area contributed by atoms with Crippen LogP contribution in [0.15, 0.2) is 23.2 Å². The van der Waals surface area contributed by atoms with E-state index in [1.54, 1.807) is 0 Å². The molecule has 2 aliphatic heterocycles. The molecule has 2 heterocycles. The van der Waals surface area contributed by atoms with Crippen LogP contribution in [0.2, 0.25) is 5.02 Å². The number of rotatable bonds is 0. The van der Waals surface area contributed by atoms with Crippen molar-refractivity contribution in [3.63, 3.8) is 0 Å². The van der Waals surface area contributed by atoms with Gasteiger partial charge >= 0.3 is 0 Å². The fourth-order valence-corrected chi connectivity index (χ4v) is 2.30. The van der Waals surface area contributed by atoms with Gasteiger partial charge in [0.05, 0.1) is 6.54 Å². The number of nitrogens with one attached hydrogen (secondary N) is 1. The first-order valence-electron chi connectivity index (χ1n) is 5.13. The molecule has 0 saturated heterocycles. The molecule has 0 atom stereocenters. The number of halogens is 1. The Morgan fingerprint density at radius 2 is 2.13 bits per heavy atom. The fourth-order valence-electron chi connectivity index (χ4n) is 2.11. The first kappa shape index (κ1) is 9.04. The summed E-state index contributed by atoms with van der Waals surface area (Å²) in [6.07, 6.45) is 0. The standard InChI is InChI=1S/C11H12ClN3/c12-10-2-1-8-6-15(7-9(8)5-10)11-13-3-4-14-11/h1-2,5H,3-4,6-7H2,(H,13,14). The largest absolute Gasteiger partial charge is 0.354 e. The third-order valence-corrected chi connectivity index (χ3v) is 3.08. The smallest absolute Gasteiger partial charge is 0.194 e. The monoisotopic (exact) mass is 221 g/mol. The van der Waals surface area contributed by atoms with Crippen molar-refractivity contribution in [1.82, 2.24) is 10.2 Å². The molecule has 1 aromatic carbocycles. The van der Waals surface area contributed by atoms with Crippen LogP contribution in [0.3, 0.4) is 0 Å². The third kappa shape index (κ3) is 1.57. The molecular weight excluding hydrogens is 210 g/mol. The maximum absolute atomic E-state index is 5.97. The number of guanidine groups is 1. The summed E-state index contributed by atoms with van der Waals surface area (Å²) in [6, 6.07) is 6.10. The summed E-state index contributed by atoms with van der Waals surface area (Å²) in [5.74, 6) is 1.03. The summed E-state index contributed by atoms with van der Waals surface area (Å²) < 4.78 is 0. The highest BCUT2D eigenvalue weighted by Crippen LogP contribution is 2.25. The predicted molar refractivity (Wildman–Crippen MR) is 61.0 cm³/mol. The molecule has 4 heteroatoms. The Labute approximate surface area is 93.8 Å². The number of hydrogen-bond acceptors (Lipinski definition) is 3. The van der Waals surface area contributed by atoms with Crippen LogP contribution in [0.25, 0.3) is 0 Å². The number of hydrogen-bond donors (Lipinski definition) is 1. The molecule has 0 radical (unpaired) electrons. The van der Waals surface area contributed by atoms with Gasteiger partial charge < -0.3 is 10.2 Å². The summed E-state index contributed by atoms with van der Waals surface area (Å²) >= 11 is 5.97. The molecule has 0 unspecified atom stereocenters. The first-order valence-corrected chi connectivity index (χ1v) is 5.51. The Bertz CT molecular complexity index is 428. The molecule has 0 aromatic heterocycles. The second kappa shape index (κ2) is 3.42. The minimum atomic E-state index is 0.817. The van der Waals surface area contributed by atoms with Crippen molar-refractivity contribution >= 4 is 17.6 Å². The van der Waals surface area contributed by atoms with Gasteiger partial charge in [0.25, 0.3) is 0 Å². The molecule has 0 bridgehead atoms. The molecule has 0 spiro atoms. The Kier molecular flexibility index (Phi) is 2.06. The van der Waals surface area contributed by atoms with Crippen LogP contribution in [0.4, 0.5) is 0 Å². The van der Waals surface area contributed by atoms with Gasteiger partial charge in [-0.3, -0.25) is 4.99 Å². The second-order valence-electron chi connectivity index (χ2n) is 3.90. The second-order valence-corrected chi connectivity index (χ2v) is 4.34. The molecule has 15 heavy (non-hydrogen) atoms. The molecule has 3 rings (SSSR count). The van der Waals surface area contributed by atoms with Crippen molar-refractivity contribution in [2.24, 2.45) is 4.99 Å². The molecule has 0 amide bonds.